The van der Waals surface area contributed by atoms with E-state index in [1.54, 1.807) is 0 Å². The summed E-state index contributed by atoms with van der Waals surface area (Å²) < 4.78 is 0. The van der Waals surface area contributed by atoms with E-state index in [4.69, 9.17) is 11.6 Å². The largest absolute Gasteiger partial charge is 0.316 e. The molecule has 3 rings (SSSR count). The predicted octanol–water partition coefficient (Wildman–Crippen LogP) is 3.11. The van der Waals surface area contributed by atoms with Crippen molar-refractivity contribution in [2.24, 2.45) is 11.8 Å². The topological polar surface area (TPSA) is 15.3 Å². The van der Waals surface area contributed by atoms with E-state index in [0.29, 0.717) is 0 Å². The van der Waals surface area contributed by atoms with Gasteiger partial charge in [0.25, 0.3) is 0 Å². The van der Waals surface area contributed by atoms with Crippen molar-refractivity contribution < 1.29 is 0 Å². The highest BCUT2D eigenvalue weighted by Crippen LogP contribution is 2.28. The van der Waals surface area contributed by atoms with Gasteiger partial charge in [0, 0.05) is 18.1 Å². The minimum absolute atomic E-state index is 0. The molecule has 2 aliphatic rings. The molecule has 2 nitrogen and oxygen atoms in total. The number of hydrogen-bond donors (Lipinski definition) is 1. The zero-order valence-electron chi connectivity index (χ0n) is 11.4. The van der Waals surface area contributed by atoms with Gasteiger partial charge in [0.05, 0.1) is 0 Å². The second-order valence-electron chi connectivity index (χ2n) is 5.77. The molecule has 0 spiro atoms. The molecule has 0 aliphatic carbocycles. The number of hydrogen-bond acceptors (Lipinski definition) is 2. The lowest BCUT2D eigenvalue weighted by molar-refractivity contribution is 0.142. The molecule has 19 heavy (non-hydrogen) atoms. The summed E-state index contributed by atoms with van der Waals surface area (Å²) in [6.07, 6.45) is 1.35. The third-order valence-corrected chi connectivity index (χ3v) is 4.72. The second-order valence-corrected chi connectivity index (χ2v) is 6.21. The minimum atomic E-state index is 0. The molecular weight excluding hydrogens is 279 g/mol. The van der Waals surface area contributed by atoms with Crippen LogP contribution in [0, 0.1) is 18.8 Å². The molecule has 2 fully saturated rings. The first-order valence-electron chi connectivity index (χ1n) is 6.90. The zero-order valence-corrected chi connectivity index (χ0v) is 12.9. The lowest BCUT2D eigenvalue weighted by atomic mass is 9.88. The first-order valence-corrected chi connectivity index (χ1v) is 7.28. The monoisotopic (exact) mass is 300 g/mol. The van der Waals surface area contributed by atoms with Crippen molar-refractivity contribution in [3.05, 3.63) is 34.3 Å². The van der Waals surface area contributed by atoms with Crippen LogP contribution in [0.2, 0.25) is 5.02 Å². The average Bonchev–Trinajstić information content (AvgIpc) is 2.80. The molecule has 0 bridgehead atoms. The fourth-order valence-corrected chi connectivity index (χ4v) is 3.56. The predicted molar refractivity (Wildman–Crippen MR) is 83.2 cm³/mol. The summed E-state index contributed by atoms with van der Waals surface area (Å²) in [6.45, 7) is 8.17. The van der Waals surface area contributed by atoms with Gasteiger partial charge in [-0.05, 0) is 68.1 Å². The van der Waals surface area contributed by atoms with Crippen LogP contribution in [0.4, 0.5) is 0 Å². The molecule has 2 heterocycles. The molecule has 0 aromatic heterocycles. The van der Waals surface area contributed by atoms with E-state index in [2.05, 4.69) is 29.3 Å². The molecular formula is C15H22Cl2N2. The van der Waals surface area contributed by atoms with Gasteiger partial charge in [-0.3, -0.25) is 4.90 Å². The molecule has 0 radical (unpaired) electrons. The quantitative estimate of drug-likeness (QED) is 0.903. The van der Waals surface area contributed by atoms with Crippen molar-refractivity contribution in [2.75, 3.05) is 26.2 Å². The molecule has 0 amide bonds. The van der Waals surface area contributed by atoms with Crippen LogP contribution < -0.4 is 5.32 Å². The average molecular weight is 301 g/mol. The van der Waals surface area contributed by atoms with Gasteiger partial charge in [0.2, 0.25) is 0 Å². The Kier molecular flexibility index (Phi) is 5.13. The van der Waals surface area contributed by atoms with Crippen molar-refractivity contribution in [1.82, 2.24) is 10.2 Å². The zero-order chi connectivity index (χ0) is 12.5. The van der Waals surface area contributed by atoms with Crippen LogP contribution in [0.15, 0.2) is 18.2 Å². The third kappa shape index (κ3) is 3.43. The molecule has 4 heteroatoms. The van der Waals surface area contributed by atoms with Crippen molar-refractivity contribution in [1.29, 1.82) is 0 Å². The number of aryl methyl sites for hydroxylation is 1. The molecule has 2 atom stereocenters. The lowest BCUT2D eigenvalue weighted by Crippen LogP contribution is -2.39. The Morgan fingerprint density at radius 3 is 2.89 bits per heavy atom. The van der Waals surface area contributed by atoms with Gasteiger partial charge in [0.15, 0.2) is 0 Å². The molecule has 2 saturated heterocycles. The Morgan fingerprint density at radius 2 is 2.11 bits per heavy atom. The number of likely N-dealkylation sites (tertiary alicyclic amines) is 1. The maximum Gasteiger partial charge on any atom is 0.0408 e. The number of benzene rings is 1. The maximum absolute atomic E-state index is 6.01. The van der Waals surface area contributed by atoms with Crippen LogP contribution in [-0.4, -0.2) is 31.1 Å². The van der Waals surface area contributed by atoms with E-state index in [-0.39, 0.29) is 12.4 Å². The van der Waals surface area contributed by atoms with Crippen LogP contribution >= 0.6 is 24.0 Å². The normalized spacial score (nSPS) is 26.8. The third-order valence-electron chi connectivity index (χ3n) is 4.49. The Labute approximate surface area is 126 Å². The summed E-state index contributed by atoms with van der Waals surface area (Å²) >= 11 is 6.01. The van der Waals surface area contributed by atoms with Crippen LogP contribution in [0.3, 0.4) is 0 Å². The van der Waals surface area contributed by atoms with Crippen LogP contribution in [0.25, 0.3) is 0 Å². The number of rotatable bonds is 2. The van der Waals surface area contributed by atoms with Crippen molar-refractivity contribution in [3.63, 3.8) is 0 Å². The number of nitrogens with one attached hydrogen (secondary N) is 1. The SMILES string of the molecule is Cc1cc(Cl)ccc1CN1CCC2CNCC2C1.Cl. The Morgan fingerprint density at radius 1 is 1.32 bits per heavy atom. The number of nitrogens with zero attached hydrogens (tertiary/aromatic N) is 1. The summed E-state index contributed by atoms with van der Waals surface area (Å²) in [4.78, 5) is 2.60. The fourth-order valence-electron chi connectivity index (χ4n) is 3.33. The molecule has 106 valence electrons. The summed E-state index contributed by atoms with van der Waals surface area (Å²) in [5.74, 6) is 1.79. The minimum Gasteiger partial charge on any atom is -0.316 e. The van der Waals surface area contributed by atoms with Gasteiger partial charge >= 0.3 is 0 Å². The number of halogens is 2. The Bertz CT molecular complexity index is 436. The van der Waals surface area contributed by atoms with Gasteiger partial charge in [-0.25, -0.2) is 0 Å². The maximum atomic E-state index is 6.01. The highest BCUT2D eigenvalue weighted by atomic mass is 35.5. The van der Waals surface area contributed by atoms with Crippen LogP contribution in [0.1, 0.15) is 17.5 Å². The smallest absolute Gasteiger partial charge is 0.0408 e. The molecule has 2 aliphatic heterocycles. The highest BCUT2D eigenvalue weighted by Gasteiger charge is 2.32. The molecule has 2 unspecified atom stereocenters. The standard InChI is InChI=1S/C15H21ClN2.ClH/c1-11-6-15(16)3-2-13(11)9-18-5-4-12-7-17-8-14(12)10-18;/h2-3,6,12,14,17H,4-5,7-10H2,1H3;1H. The first kappa shape index (κ1) is 15.1. The Balaban J connectivity index is 0.00000133. The number of piperidine rings is 1. The Hall–Kier alpha value is -0.280. The van der Waals surface area contributed by atoms with Gasteiger partial charge in [0.1, 0.15) is 0 Å². The summed E-state index contributed by atoms with van der Waals surface area (Å²) in [7, 11) is 0. The van der Waals surface area contributed by atoms with E-state index >= 15 is 0 Å². The summed E-state index contributed by atoms with van der Waals surface area (Å²) in [6, 6.07) is 6.26. The van der Waals surface area contributed by atoms with Crippen LogP contribution in [-0.2, 0) is 6.54 Å². The summed E-state index contributed by atoms with van der Waals surface area (Å²) in [5, 5.41) is 4.37. The molecule has 1 aromatic carbocycles. The fraction of sp³-hybridized carbons (Fsp3) is 0.600. The second kappa shape index (κ2) is 6.45. The molecule has 1 N–H and O–H groups in total. The highest BCUT2D eigenvalue weighted by molar-refractivity contribution is 6.30. The van der Waals surface area contributed by atoms with Crippen LogP contribution in [0.5, 0.6) is 0 Å². The molecule has 0 saturated carbocycles. The van der Waals surface area contributed by atoms with Crippen molar-refractivity contribution in [2.45, 2.75) is 19.9 Å². The van der Waals surface area contributed by atoms with Gasteiger partial charge in [-0.15, -0.1) is 12.4 Å². The first-order chi connectivity index (χ1) is 8.72. The van der Waals surface area contributed by atoms with E-state index in [1.165, 1.54) is 43.7 Å². The van der Waals surface area contributed by atoms with E-state index in [9.17, 15) is 0 Å². The lowest BCUT2D eigenvalue weighted by Gasteiger charge is -2.34. The summed E-state index contributed by atoms with van der Waals surface area (Å²) in [5.41, 5.74) is 2.73. The van der Waals surface area contributed by atoms with E-state index in [0.717, 1.165) is 23.4 Å². The molecule has 1 aromatic rings. The van der Waals surface area contributed by atoms with E-state index in [1.807, 2.05) is 6.07 Å². The van der Waals surface area contributed by atoms with E-state index < -0.39 is 0 Å². The van der Waals surface area contributed by atoms with Crippen molar-refractivity contribution in [3.8, 4) is 0 Å². The van der Waals surface area contributed by atoms with Gasteiger partial charge in [-0.2, -0.15) is 0 Å². The van der Waals surface area contributed by atoms with Gasteiger partial charge < -0.3 is 5.32 Å². The van der Waals surface area contributed by atoms with Crippen molar-refractivity contribution >= 4 is 24.0 Å². The number of fused-ring (bicyclic) bond motifs is 1. The van der Waals surface area contributed by atoms with Gasteiger partial charge in [-0.1, -0.05) is 17.7 Å².